The van der Waals surface area contributed by atoms with Crippen LogP contribution in [0.3, 0.4) is 0 Å². The van der Waals surface area contributed by atoms with Gasteiger partial charge in [0.05, 0.1) is 13.7 Å². The maximum atomic E-state index is 9.54. The third-order valence-corrected chi connectivity index (χ3v) is 3.67. The van der Waals surface area contributed by atoms with Gasteiger partial charge in [0.2, 0.25) is 0 Å². The van der Waals surface area contributed by atoms with Crippen molar-refractivity contribution in [2.75, 3.05) is 13.7 Å². The topological polar surface area (TPSA) is 50.7 Å². The number of hydrogen-bond donors (Lipinski definition) is 2. The molecule has 1 aromatic rings. The number of rotatable bonds is 10. The van der Waals surface area contributed by atoms with E-state index in [1.54, 1.807) is 12.1 Å². The highest BCUT2D eigenvalue weighted by Gasteiger charge is 2.03. The number of ether oxygens (including phenoxy) is 2. The van der Waals surface area contributed by atoms with Crippen molar-refractivity contribution in [3.63, 3.8) is 0 Å². The summed E-state index contributed by atoms with van der Waals surface area (Å²) in [5.41, 5.74) is 0.972. The van der Waals surface area contributed by atoms with Crippen LogP contribution in [0, 0.1) is 0 Å². The van der Waals surface area contributed by atoms with Crippen LogP contribution in [0.15, 0.2) is 18.2 Å². The largest absolute Gasteiger partial charge is 0.504 e. The lowest BCUT2D eigenvalue weighted by Gasteiger charge is -2.11. The summed E-state index contributed by atoms with van der Waals surface area (Å²) in [5, 5.41) is 13.0. The van der Waals surface area contributed by atoms with Gasteiger partial charge in [0.15, 0.2) is 11.5 Å². The summed E-state index contributed by atoms with van der Waals surface area (Å²) < 4.78 is 10.6. The molecule has 0 aromatic heterocycles. The van der Waals surface area contributed by atoms with Crippen LogP contribution in [0.25, 0.3) is 0 Å². The molecular formula is C17H27NO3S. The summed E-state index contributed by atoms with van der Waals surface area (Å²) in [4.78, 5) is 0. The molecule has 0 saturated heterocycles. The van der Waals surface area contributed by atoms with Crippen LogP contribution in [-0.4, -0.2) is 24.0 Å². The first-order chi connectivity index (χ1) is 10.7. The molecule has 0 heterocycles. The smallest absolute Gasteiger partial charge is 0.256 e. The third kappa shape index (κ3) is 7.50. The van der Waals surface area contributed by atoms with Gasteiger partial charge in [-0.2, -0.15) is 0 Å². The minimum Gasteiger partial charge on any atom is -0.504 e. The fraction of sp³-hybridized carbons (Fsp3) is 0.588. The van der Waals surface area contributed by atoms with Crippen molar-refractivity contribution in [1.29, 1.82) is 0 Å². The molecule has 0 saturated carbocycles. The van der Waals surface area contributed by atoms with E-state index >= 15 is 0 Å². The number of unbranched alkanes of at least 4 members (excludes halogenated alkanes) is 5. The molecule has 124 valence electrons. The van der Waals surface area contributed by atoms with E-state index in [0.717, 1.165) is 12.0 Å². The average Bonchev–Trinajstić information content (AvgIpc) is 2.53. The minimum absolute atomic E-state index is 0.133. The van der Waals surface area contributed by atoms with Crippen LogP contribution >= 0.6 is 12.2 Å². The van der Waals surface area contributed by atoms with E-state index in [1.807, 2.05) is 6.07 Å². The minimum atomic E-state index is 0.133. The number of phenolic OH excluding ortho intramolecular Hbond substituents is 1. The van der Waals surface area contributed by atoms with Gasteiger partial charge in [0, 0.05) is 6.54 Å². The fourth-order valence-corrected chi connectivity index (χ4v) is 2.26. The Labute approximate surface area is 138 Å². The lowest BCUT2D eigenvalue weighted by molar-refractivity contribution is 0.286. The molecule has 0 aliphatic carbocycles. The monoisotopic (exact) mass is 325 g/mol. The van der Waals surface area contributed by atoms with Crippen LogP contribution in [0.5, 0.6) is 11.5 Å². The molecule has 0 aliphatic heterocycles. The second kappa shape index (κ2) is 11.1. The zero-order valence-electron chi connectivity index (χ0n) is 13.6. The lowest BCUT2D eigenvalue weighted by Crippen LogP contribution is -2.23. The Morgan fingerprint density at radius 3 is 2.64 bits per heavy atom. The van der Waals surface area contributed by atoms with Gasteiger partial charge in [-0.1, -0.05) is 45.1 Å². The number of hydrogen-bond acceptors (Lipinski definition) is 4. The van der Waals surface area contributed by atoms with E-state index in [9.17, 15) is 5.11 Å². The Balaban J connectivity index is 2.15. The van der Waals surface area contributed by atoms with Crippen molar-refractivity contribution < 1.29 is 14.6 Å². The number of benzene rings is 1. The quantitative estimate of drug-likeness (QED) is 0.500. The van der Waals surface area contributed by atoms with Gasteiger partial charge in [0.1, 0.15) is 0 Å². The first-order valence-electron chi connectivity index (χ1n) is 7.94. The highest BCUT2D eigenvalue weighted by atomic mass is 32.1. The van der Waals surface area contributed by atoms with E-state index < -0.39 is 0 Å². The number of methoxy groups -OCH3 is 1. The summed E-state index contributed by atoms with van der Waals surface area (Å²) in [5.74, 6) is 0.589. The molecule has 0 amide bonds. The zero-order valence-corrected chi connectivity index (χ0v) is 14.4. The van der Waals surface area contributed by atoms with E-state index in [2.05, 4.69) is 12.2 Å². The van der Waals surface area contributed by atoms with Gasteiger partial charge >= 0.3 is 0 Å². The molecule has 4 nitrogen and oxygen atoms in total. The second-order valence-electron chi connectivity index (χ2n) is 5.26. The van der Waals surface area contributed by atoms with Crippen LogP contribution in [0.1, 0.15) is 51.0 Å². The van der Waals surface area contributed by atoms with Crippen molar-refractivity contribution in [2.45, 2.75) is 52.0 Å². The Morgan fingerprint density at radius 2 is 1.91 bits per heavy atom. The average molecular weight is 325 g/mol. The predicted octanol–water partition coefficient (Wildman–Crippen LogP) is 4.15. The maximum Gasteiger partial charge on any atom is 0.256 e. The van der Waals surface area contributed by atoms with Crippen molar-refractivity contribution >= 4 is 17.4 Å². The lowest BCUT2D eigenvalue weighted by atomic mass is 10.1. The van der Waals surface area contributed by atoms with Crippen molar-refractivity contribution in [3.8, 4) is 11.5 Å². The van der Waals surface area contributed by atoms with Gasteiger partial charge < -0.3 is 19.9 Å². The van der Waals surface area contributed by atoms with Crippen LogP contribution < -0.4 is 10.1 Å². The van der Waals surface area contributed by atoms with Crippen molar-refractivity contribution in [1.82, 2.24) is 5.32 Å². The summed E-state index contributed by atoms with van der Waals surface area (Å²) in [6.45, 7) is 3.43. The molecule has 0 aliphatic rings. The van der Waals surface area contributed by atoms with Gasteiger partial charge in [-0.15, -0.1) is 0 Å². The van der Waals surface area contributed by atoms with Gasteiger partial charge in [0.25, 0.3) is 5.17 Å². The Bertz CT molecular complexity index is 452. The van der Waals surface area contributed by atoms with Gasteiger partial charge in [-0.05, 0) is 36.3 Å². The molecule has 0 atom stereocenters. The van der Waals surface area contributed by atoms with Crippen LogP contribution in [0.4, 0.5) is 0 Å². The fourth-order valence-electron chi connectivity index (χ4n) is 2.10. The van der Waals surface area contributed by atoms with E-state index in [0.29, 0.717) is 24.1 Å². The zero-order chi connectivity index (χ0) is 16.2. The summed E-state index contributed by atoms with van der Waals surface area (Å²) in [6.07, 6.45) is 7.40. The van der Waals surface area contributed by atoms with Crippen LogP contribution in [0.2, 0.25) is 0 Å². The summed E-state index contributed by atoms with van der Waals surface area (Å²) in [7, 11) is 1.53. The Morgan fingerprint density at radius 1 is 1.18 bits per heavy atom. The van der Waals surface area contributed by atoms with Crippen LogP contribution in [-0.2, 0) is 11.3 Å². The molecule has 0 spiro atoms. The number of aromatic hydroxyl groups is 1. The summed E-state index contributed by atoms with van der Waals surface area (Å²) >= 11 is 5.15. The number of nitrogens with one attached hydrogen (secondary N) is 1. The van der Waals surface area contributed by atoms with E-state index in [-0.39, 0.29) is 5.75 Å². The molecule has 0 bridgehead atoms. The molecule has 0 radical (unpaired) electrons. The number of phenols is 1. The number of thiocarbonyl (C=S) groups is 1. The van der Waals surface area contributed by atoms with E-state index in [1.165, 1.54) is 39.2 Å². The molecule has 1 aromatic carbocycles. The maximum absolute atomic E-state index is 9.54. The first kappa shape index (κ1) is 18.6. The van der Waals surface area contributed by atoms with Crippen molar-refractivity contribution in [3.05, 3.63) is 23.8 Å². The molecule has 0 fully saturated rings. The molecule has 0 unspecified atom stereocenters. The SMILES string of the molecule is CCCCCCCCOC(=S)NCc1ccc(O)c(OC)c1. The van der Waals surface area contributed by atoms with Gasteiger partial charge in [-0.25, -0.2) is 0 Å². The van der Waals surface area contributed by atoms with Crippen molar-refractivity contribution in [2.24, 2.45) is 0 Å². The van der Waals surface area contributed by atoms with E-state index in [4.69, 9.17) is 21.7 Å². The summed E-state index contributed by atoms with van der Waals surface area (Å²) in [6, 6.07) is 5.20. The van der Waals surface area contributed by atoms with Gasteiger partial charge in [-0.3, -0.25) is 0 Å². The molecular weight excluding hydrogens is 298 g/mol. The molecule has 22 heavy (non-hydrogen) atoms. The molecule has 2 N–H and O–H groups in total. The molecule has 5 heteroatoms. The Kier molecular flexibility index (Phi) is 9.39. The standard InChI is InChI=1S/C17H27NO3S/c1-3-4-5-6-7-8-11-21-17(22)18-13-14-9-10-15(19)16(12-14)20-2/h9-10,12,19H,3-8,11,13H2,1-2H3,(H,18,22). The normalized spacial score (nSPS) is 10.3. The predicted molar refractivity (Wildman–Crippen MR) is 93.4 cm³/mol. The third-order valence-electron chi connectivity index (χ3n) is 3.41. The first-order valence-corrected chi connectivity index (χ1v) is 8.34. The second-order valence-corrected chi connectivity index (χ2v) is 5.63. The highest BCUT2D eigenvalue weighted by Crippen LogP contribution is 2.26. The highest BCUT2D eigenvalue weighted by molar-refractivity contribution is 7.80. The Hall–Kier alpha value is -1.49. The molecule has 1 rings (SSSR count).